The van der Waals surface area contributed by atoms with E-state index < -0.39 is 14.0 Å². The van der Waals surface area contributed by atoms with Crippen LogP contribution in [0.25, 0.3) is 10.9 Å². The van der Waals surface area contributed by atoms with Crippen LogP contribution in [-0.2, 0) is 11.5 Å². The monoisotopic (exact) mass is 391 g/mol. The molecule has 1 atom stereocenters. The van der Waals surface area contributed by atoms with Crippen molar-refractivity contribution >= 4 is 24.9 Å². The van der Waals surface area contributed by atoms with Gasteiger partial charge in [0.15, 0.2) is 5.69 Å². The summed E-state index contributed by atoms with van der Waals surface area (Å²) in [6.45, 7) is 9.70. The molecule has 1 saturated heterocycles. The van der Waals surface area contributed by atoms with E-state index in [1.165, 1.54) is 0 Å². The largest absolute Gasteiger partial charge is 0.489 e. The average Bonchev–Trinajstić information content (AvgIpc) is 3.14. The van der Waals surface area contributed by atoms with Crippen LogP contribution in [0, 0.1) is 0 Å². The van der Waals surface area contributed by atoms with Crippen molar-refractivity contribution < 1.29 is 19.4 Å². The van der Waals surface area contributed by atoms with Gasteiger partial charge in [-0.25, -0.2) is 9.48 Å². The van der Waals surface area contributed by atoms with Gasteiger partial charge in [-0.2, -0.15) is 5.10 Å². The van der Waals surface area contributed by atoms with Gasteiger partial charge in [-0.1, -0.05) is 19.6 Å². The first kappa shape index (κ1) is 19.8. The van der Waals surface area contributed by atoms with Gasteiger partial charge in [0.25, 0.3) is 0 Å². The van der Waals surface area contributed by atoms with Crippen LogP contribution in [0.3, 0.4) is 0 Å². The topological polar surface area (TPSA) is 76.8 Å². The Balaban J connectivity index is 1.76. The molecule has 2 heterocycles. The molecule has 1 aliphatic rings. The number of fused-ring (bicyclic) bond motifs is 1. The highest BCUT2D eigenvalue weighted by atomic mass is 28.3. The lowest BCUT2D eigenvalue weighted by Crippen LogP contribution is -2.22. The van der Waals surface area contributed by atoms with Gasteiger partial charge in [-0.15, -0.1) is 0 Å². The molecule has 1 aromatic carbocycles. The molecule has 148 valence electrons. The summed E-state index contributed by atoms with van der Waals surface area (Å²) in [5.74, 6) is -0.358. The molecule has 1 fully saturated rings. The molecule has 0 spiro atoms. The summed E-state index contributed by atoms with van der Waals surface area (Å²) in [7, 11) is 0.910. The van der Waals surface area contributed by atoms with Crippen LogP contribution in [0.4, 0.5) is 0 Å². The standard InChI is InChI=1S/C19H29N3O4Si/c1-21-8-7-15(12-21)26-14-5-6-17-16(11-14)18(19(23)24)20-22(17)13-25-9-10-27(2,3)4/h5-6,11,15H,7-10,12-13H2,1-4H3,(H,23,24)/t15-/m0/s1. The molecule has 1 aromatic heterocycles. The van der Waals surface area contributed by atoms with Crippen LogP contribution in [0.1, 0.15) is 16.9 Å². The molecule has 0 radical (unpaired) electrons. The van der Waals surface area contributed by atoms with Gasteiger partial charge >= 0.3 is 5.97 Å². The lowest BCUT2D eigenvalue weighted by atomic mass is 10.2. The quantitative estimate of drug-likeness (QED) is 0.550. The Morgan fingerprint density at radius 3 is 2.78 bits per heavy atom. The van der Waals surface area contributed by atoms with Crippen LogP contribution in [0.5, 0.6) is 5.75 Å². The van der Waals surface area contributed by atoms with Gasteiger partial charge in [0.1, 0.15) is 18.6 Å². The zero-order valence-electron chi connectivity index (χ0n) is 16.6. The maximum absolute atomic E-state index is 11.6. The normalized spacial score (nSPS) is 18.3. The first-order valence-corrected chi connectivity index (χ1v) is 13.1. The van der Waals surface area contributed by atoms with Crippen molar-refractivity contribution in [1.82, 2.24) is 14.7 Å². The van der Waals surface area contributed by atoms with Gasteiger partial charge in [-0.3, -0.25) is 0 Å². The number of rotatable bonds is 8. The highest BCUT2D eigenvalue weighted by Gasteiger charge is 2.22. The third kappa shape index (κ3) is 5.09. The van der Waals surface area contributed by atoms with Gasteiger partial charge in [0.05, 0.1) is 5.52 Å². The molecule has 7 nitrogen and oxygen atoms in total. The maximum Gasteiger partial charge on any atom is 0.357 e. The lowest BCUT2D eigenvalue weighted by Gasteiger charge is -2.15. The number of ether oxygens (including phenoxy) is 2. The van der Waals surface area contributed by atoms with E-state index in [0.29, 0.717) is 17.7 Å². The fraction of sp³-hybridized carbons (Fsp3) is 0.579. The molecule has 0 unspecified atom stereocenters. The number of aromatic nitrogens is 2. The molecule has 8 heteroatoms. The van der Waals surface area contributed by atoms with E-state index in [-0.39, 0.29) is 18.5 Å². The number of carboxylic acids is 1. The Morgan fingerprint density at radius 2 is 2.15 bits per heavy atom. The second kappa shape index (κ2) is 8.00. The molecule has 0 saturated carbocycles. The SMILES string of the molecule is CN1CC[C@H](Oc2ccc3c(c2)c(C(=O)O)nn3COCC[Si](C)(C)C)C1. The number of benzene rings is 1. The minimum Gasteiger partial charge on any atom is -0.489 e. The number of carboxylic acid groups (broad SMARTS) is 1. The number of aromatic carboxylic acids is 1. The summed E-state index contributed by atoms with van der Waals surface area (Å²) in [6, 6.07) is 6.59. The molecule has 1 N–H and O–H groups in total. The van der Waals surface area contributed by atoms with Crippen LogP contribution < -0.4 is 4.74 Å². The van der Waals surface area contributed by atoms with Gasteiger partial charge < -0.3 is 19.5 Å². The fourth-order valence-corrected chi connectivity index (χ4v) is 3.96. The van der Waals surface area contributed by atoms with Crippen molar-refractivity contribution in [2.45, 2.75) is 44.9 Å². The van der Waals surface area contributed by atoms with Crippen molar-refractivity contribution in [3.05, 3.63) is 23.9 Å². The number of likely N-dealkylation sites (N-methyl/N-ethyl adjacent to an activating group) is 1. The summed E-state index contributed by atoms with van der Waals surface area (Å²) >= 11 is 0. The summed E-state index contributed by atoms with van der Waals surface area (Å²) in [5.41, 5.74) is 0.782. The average molecular weight is 392 g/mol. The van der Waals surface area contributed by atoms with Crippen LogP contribution in [-0.4, -0.2) is 66.7 Å². The number of hydrogen-bond acceptors (Lipinski definition) is 5. The molecule has 2 aromatic rings. The minimum atomic E-state index is -1.16. The van der Waals surface area contributed by atoms with Crippen molar-refractivity contribution in [2.75, 3.05) is 26.7 Å². The highest BCUT2D eigenvalue weighted by Crippen LogP contribution is 2.26. The van der Waals surface area contributed by atoms with Gasteiger partial charge in [-0.05, 0) is 37.7 Å². The predicted molar refractivity (Wildman–Crippen MR) is 107 cm³/mol. The molecular formula is C19H29N3O4Si. The van der Waals surface area contributed by atoms with E-state index >= 15 is 0 Å². The molecule has 0 bridgehead atoms. The third-order valence-electron chi connectivity index (χ3n) is 4.79. The number of nitrogens with zero attached hydrogens (tertiary/aromatic N) is 3. The van der Waals surface area contributed by atoms with E-state index in [1.54, 1.807) is 10.7 Å². The molecule has 0 aliphatic carbocycles. The van der Waals surface area contributed by atoms with Crippen LogP contribution in [0.2, 0.25) is 25.7 Å². The zero-order valence-corrected chi connectivity index (χ0v) is 17.6. The number of carbonyl (C=O) groups is 1. The highest BCUT2D eigenvalue weighted by molar-refractivity contribution is 6.76. The molecule has 27 heavy (non-hydrogen) atoms. The van der Waals surface area contributed by atoms with Gasteiger partial charge in [0.2, 0.25) is 0 Å². The maximum atomic E-state index is 11.6. The third-order valence-corrected chi connectivity index (χ3v) is 6.49. The van der Waals surface area contributed by atoms with E-state index in [0.717, 1.165) is 31.1 Å². The first-order chi connectivity index (χ1) is 12.7. The lowest BCUT2D eigenvalue weighted by molar-refractivity contribution is 0.0676. The summed E-state index contributed by atoms with van der Waals surface area (Å²) in [4.78, 5) is 13.9. The van der Waals surface area contributed by atoms with Crippen LogP contribution in [0.15, 0.2) is 18.2 Å². The molecular weight excluding hydrogens is 362 g/mol. The summed E-state index contributed by atoms with van der Waals surface area (Å²) in [5, 5.41) is 14.4. The number of likely N-dealkylation sites (tertiary alicyclic amines) is 1. The Kier molecular flexibility index (Phi) is 5.88. The van der Waals surface area contributed by atoms with Gasteiger partial charge in [0, 0.05) is 33.2 Å². The second-order valence-corrected chi connectivity index (χ2v) is 14.1. The summed E-state index contributed by atoms with van der Waals surface area (Å²) < 4.78 is 13.4. The van der Waals surface area contributed by atoms with E-state index in [9.17, 15) is 9.90 Å². The fourth-order valence-electron chi connectivity index (χ4n) is 3.20. The minimum absolute atomic E-state index is 0.0350. The van der Waals surface area contributed by atoms with Crippen LogP contribution >= 0.6 is 0 Å². The Labute approximate surface area is 160 Å². The second-order valence-electron chi connectivity index (χ2n) is 8.47. The van der Waals surface area contributed by atoms with Crippen molar-refractivity contribution in [1.29, 1.82) is 0 Å². The molecule has 1 aliphatic heterocycles. The molecule has 0 amide bonds. The van der Waals surface area contributed by atoms with Crippen molar-refractivity contribution in [3.63, 3.8) is 0 Å². The number of hydrogen-bond donors (Lipinski definition) is 1. The van der Waals surface area contributed by atoms with E-state index in [4.69, 9.17) is 9.47 Å². The van der Waals surface area contributed by atoms with E-state index in [2.05, 4.69) is 36.7 Å². The van der Waals surface area contributed by atoms with E-state index in [1.807, 2.05) is 12.1 Å². The Morgan fingerprint density at radius 1 is 1.37 bits per heavy atom. The Hall–Kier alpha value is -1.90. The molecule has 3 rings (SSSR count). The summed E-state index contributed by atoms with van der Waals surface area (Å²) in [6.07, 6.45) is 1.12. The van der Waals surface area contributed by atoms with Crippen molar-refractivity contribution in [3.8, 4) is 5.75 Å². The predicted octanol–water partition coefficient (Wildman–Crippen LogP) is 3.13. The zero-order chi connectivity index (χ0) is 19.6. The van der Waals surface area contributed by atoms with Crippen molar-refractivity contribution in [2.24, 2.45) is 0 Å². The smallest absolute Gasteiger partial charge is 0.357 e. The first-order valence-electron chi connectivity index (χ1n) is 9.40. The Bertz CT molecular complexity index is 815.